The SMILES string of the molecule is CC1CCC(CNc2cccc(CCl)c2)O1. The van der Waals surface area contributed by atoms with E-state index in [0.717, 1.165) is 24.2 Å². The van der Waals surface area contributed by atoms with Gasteiger partial charge < -0.3 is 10.1 Å². The van der Waals surface area contributed by atoms with Gasteiger partial charge in [0.15, 0.2) is 0 Å². The van der Waals surface area contributed by atoms with E-state index >= 15 is 0 Å². The summed E-state index contributed by atoms with van der Waals surface area (Å²) in [5.41, 5.74) is 2.27. The highest BCUT2D eigenvalue weighted by Crippen LogP contribution is 2.20. The van der Waals surface area contributed by atoms with Crippen LogP contribution in [0.1, 0.15) is 25.3 Å². The lowest BCUT2D eigenvalue weighted by Crippen LogP contribution is -2.19. The summed E-state index contributed by atoms with van der Waals surface area (Å²) in [7, 11) is 0. The molecule has 0 spiro atoms. The van der Waals surface area contributed by atoms with Crippen LogP contribution in [0.5, 0.6) is 0 Å². The summed E-state index contributed by atoms with van der Waals surface area (Å²) in [4.78, 5) is 0. The van der Waals surface area contributed by atoms with Gasteiger partial charge in [-0.1, -0.05) is 12.1 Å². The minimum atomic E-state index is 0.356. The molecular formula is C13H18ClNO. The Balaban J connectivity index is 1.84. The van der Waals surface area contributed by atoms with Crippen LogP contribution in [-0.2, 0) is 10.6 Å². The second kappa shape index (κ2) is 5.55. The van der Waals surface area contributed by atoms with E-state index in [1.165, 1.54) is 6.42 Å². The van der Waals surface area contributed by atoms with Crippen molar-refractivity contribution in [2.24, 2.45) is 0 Å². The van der Waals surface area contributed by atoms with Crippen molar-refractivity contribution in [3.05, 3.63) is 29.8 Å². The zero-order chi connectivity index (χ0) is 11.4. The molecule has 0 aliphatic carbocycles. The molecule has 1 aromatic carbocycles. The number of alkyl halides is 1. The molecule has 1 heterocycles. The molecule has 2 rings (SSSR count). The Hall–Kier alpha value is -0.730. The molecule has 1 saturated heterocycles. The van der Waals surface area contributed by atoms with E-state index in [1.54, 1.807) is 0 Å². The first kappa shape index (κ1) is 11.7. The summed E-state index contributed by atoms with van der Waals surface area (Å²) in [6, 6.07) is 8.21. The van der Waals surface area contributed by atoms with Crippen LogP contribution < -0.4 is 5.32 Å². The van der Waals surface area contributed by atoms with Crippen molar-refractivity contribution in [2.45, 2.75) is 37.9 Å². The highest BCUT2D eigenvalue weighted by atomic mass is 35.5. The van der Waals surface area contributed by atoms with Gasteiger partial charge in [0.05, 0.1) is 12.2 Å². The summed E-state index contributed by atoms with van der Waals surface area (Å²) >= 11 is 5.79. The summed E-state index contributed by atoms with van der Waals surface area (Å²) < 4.78 is 5.75. The smallest absolute Gasteiger partial charge is 0.0751 e. The number of rotatable bonds is 4. The molecule has 0 amide bonds. The van der Waals surface area contributed by atoms with E-state index in [4.69, 9.17) is 16.3 Å². The zero-order valence-corrected chi connectivity index (χ0v) is 10.3. The highest BCUT2D eigenvalue weighted by molar-refractivity contribution is 6.17. The quantitative estimate of drug-likeness (QED) is 0.814. The van der Waals surface area contributed by atoms with Crippen molar-refractivity contribution in [1.82, 2.24) is 0 Å². The van der Waals surface area contributed by atoms with E-state index in [1.807, 2.05) is 12.1 Å². The Bertz CT molecular complexity index is 342. The van der Waals surface area contributed by atoms with E-state index in [9.17, 15) is 0 Å². The van der Waals surface area contributed by atoms with E-state index in [2.05, 4.69) is 24.4 Å². The molecule has 0 radical (unpaired) electrons. The fourth-order valence-corrected chi connectivity index (χ4v) is 2.20. The molecule has 2 nitrogen and oxygen atoms in total. The van der Waals surface area contributed by atoms with Gasteiger partial charge in [0, 0.05) is 18.1 Å². The van der Waals surface area contributed by atoms with Crippen molar-refractivity contribution < 1.29 is 4.74 Å². The molecule has 1 fully saturated rings. The summed E-state index contributed by atoms with van der Waals surface area (Å²) in [6.07, 6.45) is 3.10. The van der Waals surface area contributed by atoms with Crippen LogP contribution in [0.25, 0.3) is 0 Å². The lowest BCUT2D eigenvalue weighted by atomic mass is 10.2. The first-order valence-electron chi connectivity index (χ1n) is 5.82. The standard InChI is InChI=1S/C13H18ClNO/c1-10-5-6-13(16-10)9-15-12-4-2-3-11(7-12)8-14/h2-4,7,10,13,15H,5-6,8-9H2,1H3. The lowest BCUT2D eigenvalue weighted by molar-refractivity contribution is 0.0637. The number of anilines is 1. The van der Waals surface area contributed by atoms with Gasteiger partial charge in [-0.25, -0.2) is 0 Å². The molecule has 2 atom stereocenters. The molecule has 1 aliphatic rings. The van der Waals surface area contributed by atoms with Crippen molar-refractivity contribution in [3.63, 3.8) is 0 Å². The molecule has 0 saturated carbocycles. The fourth-order valence-electron chi connectivity index (χ4n) is 2.03. The Kier molecular flexibility index (Phi) is 4.08. The number of nitrogens with one attached hydrogen (secondary N) is 1. The monoisotopic (exact) mass is 239 g/mol. The van der Waals surface area contributed by atoms with Crippen LogP contribution >= 0.6 is 11.6 Å². The van der Waals surface area contributed by atoms with Crippen molar-refractivity contribution in [2.75, 3.05) is 11.9 Å². The van der Waals surface area contributed by atoms with Crippen LogP contribution in [0.2, 0.25) is 0 Å². The maximum atomic E-state index is 5.79. The molecule has 0 bridgehead atoms. The maximum Gasteiger partial charge on any atom is 0.0751 e. The Morgan fingerprint density at radius 1 is 1.44 bits per heavy atom. The average Bonchev–Trinajstić information content (AvgIpc) is 2.73. The first-order valence-corrected chi connectivity index (χ1v) is 6.35. The molecule has 3 heteroatoms. The van der Waals surface area contributed by atoms with Gasteiger partial charge in [0.1, 0.15) is 0 Å². The van der Waals surface area contributed by atoms with Crippen molar-refractivity contribution in [3.8, 4) is 0 Å². The van der Waals surface area contributed by atoms with E-state index < -0.39 is 0 Å². The molecule has 1 aliphatic heterocycles. The van der Waals surface area contributed by atoms with Crippen LogP contribution in [0.4, 0.5) is 5.69 Å². The second-order valence-electron chi connectivity index (χ2n) is 4.36. The number of ether oxygens (including phenoxy) is 1. The van der Waals surface area contributed by atoms with E-state index in [0.29, 0.717) is 18.1 Å². The Morgan fingerprint density at radius 3 is 3.00 bits per heavy atom. The normalized spacial score (nSPS) is 24.6. The number of hydrogen-bond acceptors (Lipinski definition) is 2. The topological polar surface area (TPSA) is 21.3 Å². The lowest BCUT2D eigenvalue weighted by Gasteiger charge is -2.13. The molecule has 1 N–H and O–H groups in total. The third kappa shape index (κ3) is 3.13. The second-order valence-corrected chi connectivity index (χ2v) is 4.63. The molecule has 88 valence electrons. The Labute approximate surface area is 102 Å². The van der Waals surface area contributed by atoms with Gasteiger partial charge in [-0.3, -0.25) is 0 Å². The van der Waals surface area contributed by atoms with Crippen molar-refractivity contribution >= 4 is 17.3 Å². The summed E-state index contributed by atoms with van der Waals surface area (Å²) in [5, 5.41) is 3.40. The zero-order valence-electron chi connectivity index (χ0n) is 9.58. The molecule has 1 aromatic rings. The number of halogens is 1. The van der Waals surface area contributed by atoms with Crippen molar-refractivity contribution in [1.29, 1.82) is 0 Å². The average molecular weight is 240 g/mol. The third-order valence-corrected chi connectivity index (χ3v) is 3.24. The fraction of sp³-hybridized carbons (Fsp3) is 0.538. The molecule has 2 unspecified atom stereocenters. The van der Waals surface area contributed by atoms with Gasteiger partial charge in [-0.15, -0.1) is 11.6 Å². The summed E-state index contributed by atoms with van der Waals surface area (Å²) in [5.74, 6) is 0.562. The molecule has 0 aromatic heterocycles. The third-order valence-electron chi connectivity index (χ3n) is 2.94. The minimum absolute atomic E-state index is 0.356. The maximum absolute atomic E-state index is 5.79. The minimum Gasteiger partial charge on any atom is -0.382 e. The van der Waals surface area contributed by atoms with Gasteiger partial charge >= 0.3 is 0 Å². The van der Waals surface area contributed by atoms with Gasteiger partial charge in [-0.2, -0.15) is 0 Å². The number of benzene rings is 1. The first-order chi connectivity index (χ1) is 7.78. The van der Waals surface area contributed by atoms with Crippen LogP contribution in [0.3, 0.4) is 0 Å². The largest absolute Gasteiger partial charge is 0.382 e. The van der Waals surface area contributed by atoms with Crippen LogP contribution in [0.15, 0.2) is 24.3 Å². The molecule has 16 heavy (non-hydrogen) atoms. The molecular weight excluding hydrogens is 222 g/mol. The van der Waals surface area contributed by atoms with Crippen LogP contribution in [0, 0.1) is 0 Å². The predicted molar refractivity (Wildman–Crippen MR) is 68.1 cm³/mol. The number of hydrogen-bond donors (Lipinski definition) is 1. The van der Waals surface area contributed by atoms with E-state index in [-0.39, 0.29) is 0 Å². The Morgan fingerprint density at radius 2 is 2.31 bits per heavy atom. The van der Waals surface area contributed by atoms with Gasteiger partial charge in [0.25, 0.3) is 0 Å². The van der Waals surface area contributed by atoms with Gasteiger partial charge in [0.2, 0.25) is 0 Å². The predicted octanol–water partition coefficient (Wildman–Crippen LogP) is 3.40. The highest BCUT2D eigenvalue weighted by Gasteiger charge is 2.21. The summed E-state index contributed by atoms with van der Waals surface area (Å²) in [6.45, 7) is 3.02. The van der Waals surface area contributed by atoms with Crippen LogP contribution in [-0.4, -0.2) is 18.8 Å². The van der Waals surface area contributed by atoms with Gasteiger partial charge in [-0.05, 0) is 37.5 Å².